The molecule has 1 heterocycles. The minimum absolute atomic E-state index is 0.249. The Morgan fingerprint density at radius 3 is 3.00 bits per heavy atom. The number of hydrogen-bond acceptors (Lipinski definition) is 5. The molecule has 1 rings (SSSR count). The number of carbonyl (C=O) groups excluding carboxylic acids is 1. The lowest BCUT2D eigenvalue weighted by molar-refractivity contribution is -0.134. The normalized spacial score (nSPS) is 12.4. The Bertz CT molecular complexity index is 338. The van der Waals surface area contributed by atoms with Gasteiger partial charge in [-0.25, -0.2) is 4.98 Å². The smallest absolute Gasteiger partial charge is 0.312 e. The summed E-state index contributed by atoms with van der Waals surface area (Å²) in [6.07, 6.45) is 1.29. The van der Waals surface area contributed by atoms with Gasteiger partial charge in [-0.2, -0.15) is 0 Å². The number of thiazole rings is 1. The van der Waals surface area contributed by atoms with Gasteiger partial charge in [-0.15, -0.1) is 11.3 Å². The zero-order chi connectivity index (χ0) is 12.0. The molecule has 0 aliphatic carbocycles. The molecule has 0 saturated heterocycles. The van der Waals surface area contributed by atoms with E-state index in [9.17, 15) is 4.79 Å². The fraction of sp³-hybridized carbons (Fsp3) is 0.636. The van der Waals surface area contributed by atoms with Gasteiger partial charge in [0.15, 0.2) is 0 Å². The number of ether oxygens (including phenoxy) is 2. The van der Waals surface area contributed by atoms with Gasteiger partial charge in [0, 0.05) is 26.1 Å². The van der Waals surface area contributed by atoms with Gasteiger partial charge in [0.1, 0.15) is 0 Å². The van der Waals surface area contributed by atoms with Crippen molar-refractivity contribution in [3.8, 4) is 5.88 Å². The first-order valence-corrected chi connectivity index (χ1v) is 6.20. The summed E-state index contributed by atoms with van der Waals surface area (Å²) >= 11 is 1.52. The summed E-state index contributed by atoms with van der Waals surface area (Å²) in [5.74, 6) is 0.497. The number of rotatable bonds is 6. The Morgan fingerprint density at radius 1 is 1.62 bits per heavy atom. The van der Waals surface area contributed by atoms with Gasteiger partial charge >= 0.3 is 5.97 Å². The fourth-order valence-electron chi connectivity index (χ4n) is 1.15. The topological polar surface area (TPSA) is 48.4 Å². The first-order valence-electron chi connectivity index (χ1n) is 5.32. The summed E-state index contributed by atoms with van der Waals surface area (Å²) < 4.78 is 10.0. The van der Waals surface area contributed by atoms with Crippen LogP contribution in [0.5, 0.6) is 5.88 Å². The van der Waals surface area contributed by atoms with Crippen LogP contribution in [0.3, 0.4) is 0 Å². The van der Waals surface area contributed by atoms with Gasteiger partial charge in [-0.3, -0.25) is 4.79 Å². The van der Waals surface area contributed by atoms with Crippen molar-refractivity contribution in [2.24, 2.45) is 0 Å². The van der Waals surface area contributed by atoms with Crippen molar-refractivity contribution in [3.63, 3.8) is 0 Å². The van der Waals surface area contributed by atoms with Crippen LogP contribution in [-0.2, 0) is 9.53 Å². The Kier molecular flexibility index (Phi) is 5.42. The van der Waals surface area contributed by atoms with Crippen LogP contribution >= 0.6 is 11.3 Å². The highest BCUT2D eigenvalue weighted by atomic mass is 32.1. The minimum atomic E-state index is -0.249. The van der Waals surface area contributed by atoms with Crippen molar-refractivity contribution in [1.82, 2.24) is 4.98 Å². The van der Waals surface area contributed by atoms with Crippen LogP contribution in [0.4, 0.5) is 0 Å². The van der Waals surface area contributed by atoms with Crippen LogP contribution in [0, 0.1) is 0 Å². The Hall–Kier alpha value is -0.940. The van der Waals surface area contributed by atoms with Crippen LogP contribution in [0.2, 0.25) is 0 Å². The summed E-state index contributed by atoms with van der Waals surface area (Å²) in [5, 5.41) is 2.75. The van der Waals surface area contributed by atoms with Gasteiger partial charge in [0.25, 0.3) is 0 Å². The minimum Gasteiger partial charge on any atom is -0.407 e. The van der Waals surface area contributed by atoms with Crippen molar-refractivity contribution < 1.29 is 14.3 Å². The largest absolute Gasteiger partial charge is 0.407 e. The molecule has 0 fully saturated rings. The van der Waals surface area contributed by atoms with E-state index in [2.05, 4.69) is 11.9 Å². The molecule has 4 nitrogen and oxygen atoms in total. The summed E-state index contributed by atoms with van der Waals surface area (Å²) in [6, 6.07) is 0. The van der Waals surface area contributed by atoms with Crippen molar-refractivity contribution in [3.05, 3.63) is 10.4 Å². The molecule has 1 atom stereocenters. The number of hydrogen-bond donors (Lipinski definition) is 0. The molecule has 0 aliphatic rings. The lowest BCUT2D eigenvalue weighted by Gasteiger charge is -2.06. The van der Waals surface area contributed by atoms with E-state index in [0.717, 1.165) is 11.4 Å². The number of nitrogens with zero attached hydrogens (tertiary/aromatic N) is 1. The number of aromatic nitrogens is 1. The van der Waals surface area contributed by atoms with Crippen LogP contribution in [0.1, 0.15) is 37.6 Å². The lowest BCUT2D eigenvalue weighted by atomic mass is 10.1. The van der Waals surface area contributed by atoms with E-state index < -0.39 is 0 Å². The van der Waals surface area contributed by atoms with Crippen molar-refractivity contribution >= 4 is 17.3 Å². The van der Waals surface area contributed by atoms with Crippen LogP contribution in [0.15, 0.2) is 5.38 Å². The number of esters is 1. The molecular formula is C11H17NO3S. The molecule has 0 radical (unpaired) electrons. The van der Waals surface area contributed by atoms with Crippen LogP contribution in [0.25, 0.3) is 0 Å². The third-order valence-electron chi connectivity index (χ3n) is 2.18. The zero-order valence-corrected chi connectivity index (χ0v) is 10.7. The summed E-state index contributed by atoms with van der Waals surface area (Å²) in [4.78, 5) is 15.3. The average molecular weight is 243 g/mol. The van der Waals surface area contributed by atoms with Crippen molar-refractivity contribution in [2.75, 3.05) is 13.7 Å². The van der Waals surface area contributed by atoms with Crippen molar-refractivity contribution in [2.45, 2.75) is 32.6 Å². The van der Waals surface area contributed by atoms with Gasteiger partial charge < -0.3 is 9.47 Å². The van der Waals surface area contributed by atoms with Crippen LogP contribution < -0.4 is 4.74 Å². The molecule has 0 bridgehead atoms. The second-order valence-electron chi connectivity index (χ2n) is 3.53. The predicted molar refractivity (Wildman–Crippen MR) is 62.9 cm³/mol. The average Bonchev–Trinajstić information content (AvgIpc) is 2.74. The molecule has 0 amide bonds. The fourth-order valence-corrected chi connectivity index (χ4v) is 1.97. The molecule has 90 valence electrons. The third kappa shape index (κ3) is 3.90. The molecule has 1 aromatic heterocycles. The number of carbonyl (C=O) groups is 1. The van der Waals surface area contributed by atoms with Gasteiger partial charge in [0.2, 0.25) is 5.88 Å². The first kappa shape index (κ1) is 13.1. The van der Waals surface area contributed by atoms with Gasteiger partial charge in [0.05, 0.1) is 10.4 Å². The zero-order valence-electron chi connectivity index (χ0n) is 9.86. The Balaban J connectivity index is 2.53. The van der Waals surface area contributed by atoms with Crippen molar-refractivity contribution in [1.29, 1.82) is 0 Å². The second kappa shape index (κ2) is 6.60. The highest BCUT2D eigenvalue weighted by Crippen LogP contribution is 2.26. The quantitative estimate of drug-likeness (QED) is 0.721. The lowest BCUT2D eigenvalue weighted by Crippen LogP contribution is -2.06. The molecule has 0 saturated carbocycles. The van der Waals surface area contributed by atoms with E-state index in [-0.39, 0.29) is 5.97 Å². The molecule has 16 heavy (non-hydrogen) atoms. The van der Waals surface area contributed by atoms with E-state index in [1.807, 2.05) is 0 Å². The maximum absolute atomic E-state index is 11.1. The summed E-state index contributed by atoms with van der Waals surface area (Å²) in [5.41, 5.74) is 0. The van der Waals surface area contributed by atoms with E-state index >= 15 is 0 Å². The summed E-state index contributed by atoms with van der Waals surface area (Å²) in [7, 11) is 1.68. The molecule has 1 aromatic rings. The first-order chi connectivity index (χ1) is 7.67. The van der Waals surface area contributed by atoms with E-state index in [0.29, 0.717) is 24.8 Å². The molecule has 0 N–H and O–H groups in total. The SMILES string of the molecule is CCC(=O)Oc1csc(C(C)CCOC)n1. The van der Waals surface area contributed by atoms with Crippen LogP contribution in [-0.4, -0.2) is 24.7 Å². The number of methoxy groups -OCH3 is 1. The van der Waals surface area contributed by atoms with E-state index in [1.54, 1.807) is 19.4 Å². The Morgan fingerprint density at radius 2 is 2.38 bits per heavy atom. The maximum Gasteiger partial charge on any atom is 0.312 e. The standard InChI is InChI=1S/C11H17NO3S/c1-4-10(13)15-9-7-16-11(12-9)8(2)5-6-14-3/h7-8H,4-6H2,1-3H3. The molecule has 5 heteroatoms. The van der Waals surface area contributed by atoms with Gasteiger partial charge in [-0.05, 0) is 6.42 Å². The monoisotopic (exact) mass is 243 g/mol. The maximum atomic E-state index is 11.1. The second-order valence-corrected chi connectivity index (χ2v) is 4.42. The Labute approximate surface area is 99.6 Å². The molecule has 0 aromatic carbocycles. The van der Waals surface area contributed by atoms with E-state index in [1.165, 1.54) is 11.3 Å². The van der Waals surface area contributed by atoms with Gasteiger partial charge in [-0.1, -0.05) is 13.8 Å². The molecule has 1 unspecified atom stereocenters. The molecular weight excluding hydrogens is 226 g/mol. The summed E-state index contributed by atoms with van der Waals surface area (Å²) in [6.45, 7) is 4.56. The molecule has 0 aliphatic heterocycles. The van der Waals surface area contributed by atoms with E-state index in [4.69, 9.17) is 9.47 Å². The highest BCUT2D eigenvalue weighted by Gasteiger charge is 2.12. The third-order valence-corrected chi connectivity index (χ3v) is 3.24. The molecule has 0 spiro atoms. The highest BCUT2D eigenvalue weighted by molar-refractivity contribution is 7.09. The predicted octanol–water partition coefficient (Wildman–Crippen LogP) is 2.60.